The summed E-state index contributed by atoms with van der Waals surface area (Å²) in [6.07, 6.45) is 0. The standard InChI is InChI=1S/C19H16BN/c1-20-14-7-6-8-15(13-14)21-18-11-4-2-9-16(18)17-10-3-5-12-19(17)21/h2-13,20H,1H3. The van der Waals surface area contributed by atoms with Crippen molar-refractivity contribution in [2.24, 2.45) is 0 Å². The van der Waals surface area contributed by atoms with Gasteiger partial charge in [0.2, 0.25) is 0 Å². The van der Waals surface area contributed by atoms with Crippen LogP contribution in [0.25, 0.3) is 27.5 Å². The summed E-state index contributed by atoms with van der Waals surface area (Å²) in [5.41, 5.74) is 5.15. The first-order chi connectivity index (χ1) is 10.4. The molecule has 100 valence electrons. The van der Waals surface area contributed by atoms with Crippen molar-refractivity contribution in [3.05, 3.63) is 72.8 Å². The maximum Gasteiger partial charge on any atom is 0.154 e. The Bertz CT molecular complexity index is 883. The van der Waals surface area contributed by atoms with Gasteiger partial charge in [-0.25, -0.2) is 0 Å². The number of aromatic nitrogens is 1. The van der Waals surface area contributed by atoms with E-state index in [0.717, 1.165) is 7.28 Å². The fourth-order valence-electron chi connectivity index (χ4n) is 3.12. The summed E-state index contributed by atoms with van der Waals surface area (Å²) in [6.45, 7) is 2.20. The molecule has 0 fully saturated rings. The lowest BCUT2D eigenvalue weighted by atomic mass is 9.73. The van der Waals surface area contributed by atoms with Crippen LogP contribution in [-0.4, -0.2) is 11.8 Å². The molecule has 3 aromatic carbocycles. The van der Waals surface area contributed by atoms with Crippen molar-refractivity contribution in [3.63, 3.8) is 0 Å². The average Bonchev–Trinajstić information content (AvgIpc) is 2.89. The van der Waals surface area contributed by atoms with Gasteiger partial charge in [0.25, 0.3) is 0 Å². The van der Waals surface area contributed by atoms with Crippen molar-refractivity contribution in [2.45, 2.75) is 6.82 Å². The molecule has 0 atom stereocenters. The third-order valence-corrected chi connectivity index (χ3v) is 4.16. The zero-order chi connectivity index (χ0) is 14.2. The van der Waals surface area contributed by atoms with Crippen LogP contribution >= 0.6 is 0 Å². The van der Waals surface area contributed by atoms with Gasteiger partial charge in [0, 0.05) is 16.5 Å². The highest BCUT2D eigenvalue weighted by atomic mass is 15.0. The zero-order valence-electron chi connectivity index (χ0n) is 12.1. The van der Waals surface area contributed by atoms with Gasteiger partial charge < -0.3 is 4.57 Å². The molecule has 0 radical (unpaired) electrons. The summed E-state index contributed by atoms with van der Waals surface area (Å²) >= 11 is 0. The van der Waals surface area contributed by atoms with Crippen LogP contribution in [0.3, 0.4) is 0 Å². The number of hydrogen-bond acceptors (Lipinski definition) is 0. The van der Waals surface area contributed by atoms with Gasteiger partial charge in [-0.05, 0) is 24.3 Å². The number of benzene rings is 3. The highest BCUT2D eigenvalue weighted by Gasteiger charge is 2.10. The molecule has 0 aliphatic carbocycles. The first-order valence-corrected chi connectivity index (χ1v) is 7.46. The second-order valence-corrected chi connectivity index (χ2v) is 5.39. The lowest BCUT2D eigenvalue weighted by Gasteiger charge is -2.09. The van der Waals surface area contributed by atoms with Gasteiger partial charge in [-0.3, -0.25) is 0 Å². The van der Waals surface area contributed by atoms with E-state index < -0.39 is 0 Å². The van der Waals surface area contributed by atoms with E-state index in [1.165, 1.54) is 33.0 Å². The molecule has 0 aliphatic heterocycles. The average molecular weight is 269 g/mol. The first-order valence-electron chi connectivity index (χ1n) is 7.46. The Morgan fingerprint density at radius 2 is 1.33 bits per heavy atom. The molecule has 0 saturated carbocycles. The smallest absolute Gasteiger partial charge is 0.154 e. The summed E-state index contributed by atoms with van der Waals surface area (Å²) in [4.78, 5) is 0. The van der Waals surface area contributed by atoms with Crippen LogP contribution in [-0.2, 0) is 0 Å². The molecule has 0 N–H and O–H groups in total. The monoisotopic (exact) mass is 269 g/mol. The predicted octanol–water partition coefficient (Wildman–Crippen LogP) is 3.89. The van der Waals surface area contributed by atoms with Crippen molar-refractivity contribution in [1.29, 1.82) is 0 Å². The van der Waals surface area contributed by atoms with Crippen LogP contribution in [0.4, 0.5) is 0 Å². The lowest BCUT2D eigenvalue weighted by molar-refractivity contribution is 1.18. The molecular weight excluding hydrogens is 253 g/mol. The minimum atomic E-state index is 1.06. The van der Waals surface area contributed by atoms with Gasteiger partial charge >= 0.3 is 0 Å². The summed E-state index contributed by atoms with van der Waals surface area (Å²) in [5.74, 6) is 0. The van der Waals surface area contributed by atoms with Crippen LogP contribution in [0.15, 0.2) is 72.8 Å². The fourth-order valence-corrected chi connectivity index (χ4v) is 3.12. The summed E-state index contributed by atoms with van der Waals surface area (Å²) in [6, 6.07) is 26.1. The molecular formula is C19H16BN. The van der Waals surface area contributed by atoms with Gasteiger partial charge in [0.1, 0.15) is 0 Å². The number of fused-ring (bicyclic) bond motifs is 3. The molecule has 1 nitrogen and oxygen atoms in total. The van der Waals surface area contributed by atoms with Crippen molar-refractivity contribution in [1.82, 2.24) is 4.57 Å². The number of para-hydroxylation sites is 2. The van der Waals surface area contributed by atoms with Crippen LogP contribution in [0, 0.1) is 0 Å². The molecule has 1 heterocycles. The van der Waals surface area contributed by atoms with Crippen LogP contribution in [0.2, 0.25) is 6.82 Å². The van der Waals surface area contributed by atoms with Gasteiger partial charge in [-0.2, -0.15) is 0 Å². The van der Waals surface area contributed by atoms with E-state index in [9.17, 15) is 0 Å². The van der Waals surface area contributed by atoms with Crippen LogP contribution in [0.1, 0.15) is 0 Å². The van der Waals surface area contributed by atoms with Crippen LogP contribution in [0.5, 0.6) is 0 Å². The molecule has 2 heteroatoms. The molecule has 1 aromatic heterocycles. The third kappa shape index (κ3) is 1.87. The molecule has 4 aromatic rings. The maximum absolute atomic E-state index is 2.36. The lowest BCUT2D eigenvalue weighted by Crippen LogP contribution is -2.11. The largest absolute Gasteiger partial charge is 0.309 e. The Kier molecular flexibility index (Phi) is 2.82. The number of rotatable bonds is 2. The molecule has 0 unspecified atom stereocenters. The Labute approximate surface area is 125 Å². The molecule has 0 amide bonds. The normalized spacial score (nSPS) is 11.1. The minimum absolute atomic E-state index is 1.06. The maximum atomic E-state index is 2.36. The Morgan fingerprint density at radius 3 is 1.95 bits per heavy atom. The van der Waals surface area contributed by atoms with Crippen LogP contribution < -0.4 is 5.46 Å². The number of nitrogens with zero attached hydrogens (tertiary/aromatic N) is 1. The summed E-state index contributed by atoms with van der Waals surface area (Å²) in [7, 11) is 1.06. The quantitative estimate of drug-likeness (QED) is 0.486. The van der Waals surface area contributed by atoms with Crippen molar-refractivity contribution in [2.75, 3.05) is 0 Å². The molecule has 21 heavy (non-hydrogen) atoms. The molecule has 0 saturated heterocycles. The Hall–Kier alpha value is -2.48. The van der Waals surface area contributed by atoms with E-state index in [1.807, 2.05) is 0 Å². The van der Waals surface area contributed by atoms with E-state index in [-0.39, 0.29) is 0 Å². The van der Waals surface area contributed by atoms with E-state index in [4.69, 9.17) is 0 Å². The van der Waals surface area contributed by atoms with E-state index >= 15 is 0 Å². The van der Waals surface area contributed by atoms with E-state index in [1.54, 1.807) is 0 Å². The van der Waals surface area contributed by atoms with Gasteiger partial charge in [-0.1, -0.05) is 60.8 Å². The third-order valence-electron chi connectivity index (χ3n) is 4.16. The Balaban J connectivity index is 2.14. The van der Waals surface area contributed by atoms with Gasteiger partial charge in [0.05, 0.1) is 11.0 Å². The van der Waals surface area contributed by atoms with E-state index in [2.05, 4.69) is 84.2 Å². The second kappa shape index (κ2) is 4.82. The highest BCUT2D eigenvalue weighted by molar-refractivity contribution is 6.52. The Morgan fingerprint density at radius 1 is 0.714 bits per heavy atom. The SMILES string of the molecule is CBc1cccc(-n2c3ccccc3c3ccccc32)c1. The van der Waals surface area contributed by atoms with Crippen molar-refractivity contribution < 1.29 is 0 Å². The highest BCUT2D eigenvalue weighted by Crippen LogP contribution is 2.31. The molecule has 0 bridgehead atoms. The summed E-state index contributed by atoms with van der Waals surface area (Å²) < 4.78 is 2.36. The topological polar surface area (TPSA) is 4.93 Å². The second-order valence-electron chi connectivity index (χ2n) is 5.39. The van der Waals surface area contributed by atoms with Gasteiger partial charge in [-0.15, -0.1) is 0 Å². The predicted molar refractivity (Wildman–Crippen MR) is 93.4 cm³/mol. The van der Waals surface area contributed by atoms with Crippen molar-refractivity contribution in [3.8, 4) is 5.69 Å². The fraction of sp³-hybridized carbons (Fsp3) is 0.0526. The zero-order valence-corrected chi connectivity index (χ0v) is 12.1. The molecule has 4 rings (SSSR count). The van der Waals surface area contributed by atoms with Crippen molar-refractivity contribution >= 4 is 34.5 Å². The van der Waals surface area contributed by atoms with E-state index in [0.29, 0.717) is 0 Å². The molecule has 0 spiro atoms. The number of hydrogen-bond donors (Lipinski definition) is 0. The minimum Gasteiger partial charge on any atom is -0.309 e. The van der Waals surface area contributed by atoms with Gasteiger partial charge in [0.15, 0.2) is 7.28 Å². The summed E-state index contributed by atoms with van der Waals surface area (Å²) in [5, 5.41) is 2.63. The molecule has 0 aliphatic rings. The first kappa shape index (κ1) is 12.3.